The van der Waals surface area contributed by atoms with Crippen LogP contribution in [0.2, 0.25) is 0 Å². The molecule has 0 N–H and O–H groups in total. The van der Waals surface area contributed by atoms with Crippen LogP contribution in [0.1, 0.15) is 18.7 Å². The van der Waals surface area contributed by atoms with Gasteiger partial charge < -0.3 is 4.42 Å². The molecular weight excluding hydrogens is 454 g/mol. The lowest BCUT2D eigenvalue weighted by Gasteiger charge is -2.12. The van der Waals surface area contributed by atoms with Crippen molar-refractivity contribution >= 4 is 27.5 Å². The summed E-state index contributed by atoms with van der Waals surface area (Å²) in [6.07, 6.45) is 8.51. The number of furan rings is 1. The van der Waals surface area contributed by atoms with E-state index in [1.165, 1.54) is 0 Å². The van der Waals surface area contributed by atoms with E-state index >= 15 is 0 Å². The first-order chi connectivity index (χ1) is 18.3. The van der Waals surface area contributed by atoms with Gasteiger partial charge in [0.25, 0.3) is 0 Å². The Morgan fingerprint density at radius 3 is 2.05 bits per heavy atom. The minimum Gasteiger partial charge on any atom is -0.456 e. The molecule has 4 heteroatoms. The van der Waals surface area contributed by atoms with Gasteiger partial charge in [-0.3, -0.25) is 0 Å². The van der Waals surface area contributed by atoms with Crippen molar-refractivity contribution in [3.05, 3.63) is 121 Å². The van der Waals surface area contributed by atoms with Crippen molar-refractivity contribution in [1.82, 2.24) is 15.0 Å². The summed E-state index contributed by atoms with van der Waals surface area (Å²) in [6, 6.07) is 32.9. The van der Waals surface area contributed by atoms with Gasteiger partial charge in [0, 0.05) is 27.5 Å². The number of hydrogen-bond donors (Lipinski definition) is 0. The van der Waals surface area contributed by atoms with E-state index < -0.39 is 0 Å². The highest BCUT2D eigenvalue weighted by atomic mass is 16.3. The summed E-state index contributed by atoms with van der Waals surface area (Å²) >= 11 is 0. The van der Waals surface area contributed by atoms with Gasteiger partial charge in [-0.2, -0.15) is 0 Å². The van der Waals surface area contributed by atoms with Crippen LogP contribution >= 0.6 is 0 Å². The molecule has 0 fully saturated rings. The minimum absolute atomic E-state index is 0.637. The molecular formula is C33H23N3O. The van der Waals surface area contributed by atoms with Crippen LogP contribution in [0.15, 0.2) is 120 Å². The first kappa shape index (κ1) is 21.5. The zero-order valence-electron chi connectivity index (χ0n) is 20.1. The third kappa shape index (κ3) is 3.93. The molecule has 2 aromatic heterocycles. The number of benzene rings is 4. The Morgan fingerprint density at radius 1 is 0.568 bits per heavy atom. The molecule has 0 bridgehead atoms. The molecule has 4 aromatic carbocycles. The van der Waals surface area contributed by atoms with Gasteiger partial charge >= 0.3 is 0 Å². The van der Waals surface area contributed by atoms with E-state index in [0.717, 1.165) is 62.6 Å². The molecule has 0 saturated heterocycles. The third-order valence-electron chi connectivity index (χ3n) is 6.75. The number of para-hydroxylation sites is 1. The second-order valence-corrected chi connectivity index (χ2v) is 9.17. The Labute approximate surface area is 214 Å². The molecule has 176 valence electrons. The smallest absolute Gasteiger partial charge is 0.164 e. The van der Waals surface area contributed by atoms with Crippen molar-refractivity contribution in [1.29, 1.82) is 0 Å². The van der Waals surface area contributed by atoms with Crippen molar-refractivity contribution in [3.8, 4) is 33.9 Å². The third-order valence-corrected chi connectivity index (χ3v) is 6.75. The van der Waals surface area contributed by atoms with Crippen molar-refractivity contribution in [2.24, 2.45) is 0 Å². The molecule has 6 aromatic rings. The second kappa shape index (κ2) is 8.99. The molecule has 2 heterocycles. The molecule has 0 atom stereocenters. The summed E-state index contributed by atoms with van der Waals surface area (Å²) in [4.78, 5) is 15.0. The summed E-state index contributed by atoms with van der Waals surface area (Å²) < 4.78 is 6.34. The Bertz CT molecular complexity index is 1820. The standard InChI is InChI=1S/C33H23N3O/c1-4-12-22(13-5-1)25-20-27(30-26-18-10-11-19-28(26)37-29(30)21-25)33-35-31(23-14-6-2-7-15-23)34-32(36-33)24-16-8-3-9-17-24/h1-2,4-8,10-21H,3,9H2. The molecule has 0 amide bonds. The number of nitrogens with zero attached hydrogens (tertiary/aromatic N) is 3. The summed E-state index contributed by atoms with van der Waals surface area (Å²) in [7, 11) is 0. The molecule has 0 unspecified atom stereocenters. The first-order valence-electron chi connectivity index (χ1n) is 12.5. The maximum Gasteiger partial charge on any atom is 0.164 e. The number of aromatic nitrogens is 3. The highest BCUT2D eigenvalue weighted by Crippen LogP contribution is 2.39. The van der Waals surface area contributed by atoms with Crippen LogP contribution in [0.25, 0.3) is 61.4 Å². The van der Waals surface area contributed by atoms with Gasteiger partial charge in [0.1, 0.15) is 11.2 Å². The SMILES string of the molecule is C1=CC(c2nc(-c3ccccc3)nc(-c3cc(-c4ccccc4)cc4oc5ccccc5c34)n2)=CCC1. The lowest BCUT2D eigenvalue weighted by molar-refractivity contribution is 0.669. The van der Waals surface area contributed by atoms with Gasteiger partial charge in [-0.25, -0.2) is 15.0 Å². The van der Waals surface area contributed by atoms with Crippen LogP contribution in [-0.2, 0) is 0 Å². The summed E-state index contributed by atoms with van der Waals surface area (Å²) in [5.74, 6) is 1.98. The van der Waals surface area contributed by atoms with E-state index in [1.807, 2.05) is 66.7 Å². The molecule has 7 rings (SSSR count). The summed E-state index contributed by atoms with van der Waals surface area (Å²) in [6.45, 7) is 0. The van der Waals surface area contributed by atoms with E-state index in [0.29, 0.717) is 17.5 Å². The molecule has 1 aliphatic carbocycles. The average molecular weight is 478 g/mol. The van der Waals surface area contributed by atoms with Crippen molar-refractivity contribution in [3.63, 3.8) is 0 Å². The van der Waals surface area contributed by atoms with Gasteiger partial charge in [0.15, 0.2) is 17.5 Å². The molecule has 0 spiro atoms. The monoisotopic (exact) mass is 477 g/mol. The first-order valence-corrected chi connectivity index (χ1v) is 12.5. The van der Waals surface area contributed by atoms with Crippen LogP contribution < -0.4 is 0 Å². The maximum absolute atomic E-state index is 6.34. The fourth-order valence-electron chi connectivity index (χ4n) is 4.95. The van der Waals surface area contributed by atoms with Crippen LogP contribution in [0, 0.1) is 0 Å². The van der Waals surface area contributed by atoms with Gasteiger partial charge in [-0.1, -0.05) is 97.1 Å². The molecule has 37 heavy (non-hydrogen) atoms. The molecule has 0 radical (unpaired) electrons. The topological polar surface area (TPSA) is 51.8 Å². The van der Waals surface area contributed by atoms with E-state index in [4.69, 9.17) is 19.4 Å². The molecule has 4 nitrogen and oxygen atoms in total. The van der Waals surface area contributed by atoms with E-state index in [-0.39, 0.29) is 0 Å². The van der Waals surface area contributed by atoms with Gasteiger partial charge in [-0.05, 0) is 42.2 Å². The van der Waals surface area contributed by atoms with Crippen molar-refractivity contribution < 1.29 is 4.42 Å². The molecule has 1 aliphatic rings. The largest absolute Gasteiger partial charge is 0.456 e. The fraction of sp³-hybridized carbons (Fsp3) is 0.0606. The van der Waals surface area contributed by atoms with Gasteiger partial charge in [0.2, 0.25) is 0 Å². The molecule has 0 saturated carbocycles. The normalized spacial score (nSPS) is 13.2. The minimum atomic E-state index is 0.637. The van der Waals surface area contributed by atoms with Crippen LogP contribution in [0.5, 0.6) is 0 Å². The predicted molar refractivity (Wildman–Crippen MR) is 150 cm³/mol. The zero-order valence-corrected chi connectivity index (χ0v) is 20.1. The number of hydrogen-bond acceptors (Lipinski definition) is 4. The Hall–Kier alpha value is -4.83. The summed E-state index contributed by atoms with van der Waals surface area (Å²) in [5, 5.41) is 2.06. The highest BCUT2D eigenvalue weighted by molar-refractivity contribution is 6.13. The summed E-state index contributed by atoms with van der Waals surface area (Å²) in [5.41, 5.74) is 6.75. The Balaban J connectivity index is 1.54. The number of rotatable bonds is 4. The van der Waals surface area contributed by atoms with Crippen molar-refractivity contribution in [2.45, 2.75) is 12.8 Å². The number of allylic oxidation sites excluding steroid dienone is 4. The van der Waals surface area contributed by atoms with Crippen LogP contribution in [0.4, 0.5) is 0 Å². The highest BCUT2D eigenvalue weighted by Gasteiger charge is 2.19. The quantitative estimate of drug-likeness (QED) is 0.255. The van der Waals surface area contributed by atoms with Crippen LogP contribution in [-0.4, -0.2) is 15.0 Å². The van der Waals surface area contributed by atoms with Crippen molar-refractivity contribution in [2.75, 3.05) is 0 Å². The Morgan fingerprint density at radius 2 is 1.27 bits per heavy atom. The average Bonchev–Trinajstić information content (AvgIpc) is 3.36. The van der Waals surface area contributed by atoms with Gasteiger partial charge in [0.05, 0.1) is 0 Å². The van der Waals surface area contributed by atoms with Crippen LogP contribution in [0.3, 0.4) is 0 Å². The predicted octanol–water partition coefficient (Wildman–Crippen LogP) is 8.51. The van der Waals surface area contributed by atoms with E-state index in [9.17, 15) is 0 Å². The number of fused-ring (bicyclic) bond motifs is 3. The van der Waals surface area contributed by atoms with E-state index in [1.54, 1.807) is 0 Å². The second-order valence-electron chi connectivity index (χ2n) is 9.17. The molecule has 0 aliphatic heterocycles. The maximum atomic E-state index is 6.34. The lowest BCUT2D eigenvalue weighted by atomic mass is 9.98. The lowest BCUT2D eigenvalue weighted by Crippen LogP contribution is -2.03. The zero-order chi connectivity index (χ0) is 24.6. The van der Waals surface area contributed by atoms with Gasteiger partial charge in [-0.15, -0.1) is 0 Å². The Kier molecular flexibility index (Phi) is 5.21. The fourth-order valence-corrected chi connectivity index (χ4v) is 4.95. The van der Waals surface area contributed by atoms with E-state index in [2.05, 4.69) is 48.6 Å².